The number of imide groups is 1. The van der Waals surface area contributed by atoms with Gasteiger partial charge in [0.2, 0.25) is 0 Å². The molecule has 10 heteroatoms. The van der Waals surface area contributed by atoms with E-state index < -0.39 is 29.4 Å². The van der Waals surface area contributed by atoms with Crippen molar-refractivity contribution < 1.29 is 28.3 Å². The maximum absolute atomic E-state index is 13.3. The van der Waals surface area contributed by atoms with Crippen LogP contribution in [0.15, 0.2) is 48.2 Å². The van der Waals surface area contributed by atoms with E-state index in [1.807, 2.05) is 0 Å². The zero-order chi connectivity index (χ0) is 21.1. The van der Waals surface area contributed by atoms with Gasteiger partial charge in [-0.3, -0.25) is 19.3 Å². The molecule has 3 rings (SSSR count). The summed E-state index contributed by atoms with van der Waals surface area (Å²) in [7, 11) is 0. The Morgan fingerprint density at radius 2 is 1.69 bits per heavy atom. The fourth-order valence-corrected chi connectivity index (χ4v) is 2.83. The first-order valence-electron chi connectivity index (χ1n) is 8.31. The van der Waals surface area contributed by atoms with Crippen LogP contribution >= 0.6 is 11.6 Å². The maximum Gasteiger partial charge on any atom is 0.277 e. The highest BCUT2D eigenvalue weighted by Gasteiger charge is 2.30. The summed E-state index contributed by atoms with van der Waals surface area (Å²) < 4.78 is 26.5. The number of rotatable bonds is 6. The number of aliphatic hydroxyl groups is 1. The number of carbonyl (C=O) groups is 3. The Kier molecular flexibility index (Phi) is 5.90. The van der Waals surface area contributed by atoms with E-state index in [1.54, 1.807) is 0 Å². The molecule has 0 bridgehead atoms. The number of β-amino-alcohol motifs (C(OH)–C–C–N with tert-alkyl or cyclic N) is 1. The van der Waals surface area contributed by atoms with Crippen molar-refractivity contribution in [2.45, 2.75) is 0 Å². The summed E-state index contributed by atoms with van der Waals surface area (Å²) in [4.78, 5) is 37.0. The van der Waals surface area contributed by atoms with Crippen LogP contribution < -0.4 is 10.6 Å². The second kappa shape index (κ2) is 8.38. The van der Waals surface area contributed by atoms with Crippen LogP contribution in [0.3, 0.4) is 0 Å². The highest BCUT2D eigenvalue weighted by Crippen LogP contribution is 2.23. The van der Waals surface area contributed by atoms with E-state index in [2.05, 4.69) is 10.6 Å². The molecule has 1 heterocycles. The Bertz CT molecular complexity index is 1020. The van der Waals surface area contributed by atoms with Gasteiger partial charge in [0, 0.05) is 17.5 Å². The van der Waals surface area contributed by atoms with Crippen molar-refractivity contribution in [2.75, 3.05) is 23.8 Å². The number of hydrogen-bond donors (Lipinski definition) is 3. The van der Waals surface area contributed by atoms with E-state index in [0.717, 1.165) is 11.0 Å². The Labute approximate surface area is 168 Å². The Morgan fingerprint density at radius 3 is 2.34 bits per heavy atom. The van der Waals surface area contributed by atoms with Crippen LogP contribution in [-0.2, 0) is 9.59 Å². The molecule has 150 valence electrons. The molecule has 0 aliphatic carbocycles. The summed E-state index contributed by atoms with van der Waals surface area (Å²) in [6, 6.07) is 7.50. The summed E-state index contributed by atoms with van der Waals surface area (Å²) >= 11 is 5.78. The minimum atomic E-state index is -1.20. The van der Waals surface area contributed by atoms with E-state index in [9.17, 15) is 23.2 Å². The van der Waals surface area contributed by atoms with Crippen molar-refractivity contribution in [2.24, 2.45) is 0 Å². The summed E-state index contributed by atoms with van der Waals surface area (Å²) in [6.45, 7) is -0.439. The third-order valence-corrected chi connectivity index (χ3v) is 4.32. The molecule has 1 aliphatic rings. The number of aliphatic hydroxyl groups excluding tert-OH is 1. The maximum atomic E-state index is 13.3. The average molecular weight is 422 g/mol. The van der Waals surface area contributed by atoms with Crippen molar-refractivity contribution >= 4 is 40.7 Å². The number of hydrogen-bond acceptors (Lipinski definition) is 5. The van der Waals surface area contributed by atoms with Gasteiger partial charge in [-0.15, -0.1) is 0 Å². The van der Waals surface area contributed by atoms with Gasteiger partial charge < -0.3 is 15.7 Å². The largest absolute Gasteiger partial charge is 0.395 e. The monoisotopic (exact) mass is 421 g/mol. The van der Waals surface area contributed by atoms with E-state index in [4.69, 9.17) is 16.7 Å². The lowest BCUT2D eigenvalue weighted by Gasteiger charge is -2.13. The van der Waals surface area contributed by atoms with Gasteiger partial charge in [-0.1, -0.05) is 11.6 Å². The first kappa shape index (κ1) is 20.4. The van der Waals surface area contributed by atoms with Crippen LogP contribution in [0.4, 0.5) is 20.2 Å². The second-order valence-electron chi connectivity index (χ2n) is 5.98. The van der Waals surface area contributed by atoms with Crippen LogP contribution in [0.2, 0.25) is 5.02 Å². The second-order valence-corrected chi connectivity index (χ2v) is 6.39. The predicted octanol–water partition coefficient (Wildman–Crippen LogP) is 2.53. The number of amides is 3. The lowest BCUT2D eigenvalue weighted by atomic mass is 10.2. The van der Waals surface area contributed by atoms with Crippen molar-refractivity contribution in [3.63, 3.8) is 0 Å². The molecule has 0 radical (unpaired) electrons. The number of nitrogens with zero attached hydrogens (tertiary/aromatic N) is 1. The first-order valence-corrected chi connectivity index (χ1v) is 8.69. The minimum absolute atomic E-state index is 0.0498. The normalized spacial score (nSPS) is 13.5. The first-order chi connectivity index (χ1) is 13.8. The van der Waals surface area contributed by atoms with E-state index >= 15 is 0 Å². The van der Waals surface area contributed by atoms with Gasteiger partial charge in [-0.25, -0.2) is 8.78 Å². The SMILES string of the molecule is O=C(Nc1ccc(NC2=CC(=O)N(CCO)C2=O)cc1)c1cc(F)c(F)cc1Cl. The van der Waals surface area contributed by atoms with Gasteiger partial charge in [0.05, 0.1) is 23.7 Å². The molecular weight excluding hydrogens is 408 g/mol. The average Bonchev–Trinajstić information content (AvgIpc) is 2.94. The van der Waals surface area contributed by atoms with E-state index in [0.29, 0.717) is 23.5 Å². The van der Waals surface area contributed by atoms with Gasteiger partial charge >= 0.3 is 0 Å². The van der Waals surface area contributed by atoms with Crippen LogP contribution in [0.5, 0.6) is 0 Å². The van der Waals surface area contributed by atoms with Gasteiger partial charge in [0.1, 0.15) is 5.70 Å². The van der Waals surface area contributed by atoms with E-state index in [-0.39, 0.29) is 29.4 Å². The van der Waals surface area contributed by atoms with Gasteiger partial charge in [-0.2, -0.15) is 0 Å². The third kappa shape index (κ3) is 4.41. The Balaban J connectivity index is 1.67. The molecule has 0 unspecified atom stereocenters. The molecule has 3 amide bonds. The van der Waals surface area contributed by atoms with Gasteiger partial charge in [0.15, 0.2) is 11.6 Å². The van der Waals surface area contributed by atoms with Crippen molar-refractivity contribution in [3.8, 4) is 0 Å². The standard InChI is InChI=1S/C19H14ClF2N3O4/c20-13-8-15(22)14(21)7-12(13)18(28)24-11-3-1-10(2-4-11)23-16-9-17(27)25(5-6-26)19(16)29/h1-4,7-9,23,26H,5-6H2,(H,24,28). The van der Waals surface area contributed by atoms with Crippen molar-refractivity contribution in [1.82, 2.24) is 4.90 Å². The molecule has 2 aromatic rings. The number of halogens is 3. The molecule has 0 fully saturated rings. The number of anilines is 2. The molecule has 29 heavy (non-hydrogen) atoms. The molecule has 0 saturated heterocycles. The minimum Gasteiger partial charge on any atom is -0.395 e. The van der Waals surface area contributed by atoms with Gasteiger partial charge in [-0.05, 0) is 36.4 Å². The molecule has 3 N–H and O–H groups in total. The van der Waals surface area contributed by atoms with Crippen LogP contribution in [0, 0.1) is 11.6 Å². The molecule has 2 aromatic carbocycles. The predicted molar refractivity (Wildman–Crippen MR) is 101 cm³/mol. The van der Waals surface area contributed by atoms with Gasteiger partial charge in [0.25, 0.3) is 17.7 Å². The molecule has 0 aromatic heterocycles. The molecule has 0 saturated carbocycles. The van der Waals surface area contributed by atoms with E-state index in [1.165, 1.54) is 24.3 Å². The Hall–Kier alpha value is -3.30. The smallest absolute Gasteiger partial charge is 0.277 e. The molecule has 0 atom stereocenters. The quantitative estimate of drug-likeness (QED) is 0.492. The fraction of sp³-hybridized carbons (Fsp3) is 0.105. The number of benzene rings is 2. The van der Waals surface area contributed by atoms with Crippen LogP contribution in [0.25, 0.3) is 0 Å². The Morgan fingerprint density at radius 1 is 1.07 bits per heavy atom. The lowest BCUT2D eigenvalue weighted by molar-refractivity contribution is -0.137. The zero-order valence-corrected chi connectivity index (χ0v) is 15.5. The summed E-state index contributed by atoms with van der Waals surface area (Å²) in [6.07, 6.45) is 1.12. The number of nitrogens with one attached hydrogen (secondary N) is 2. The zero-order valence-electron chi connectivity index (χ0n) is 14.7. The molecule has 7 nitrogen and oxygen atoms in total. The van der Waals surface area contributed by atoms with Crippen LogP contribution in [-0.4, -0.2) is 40.9 Å². The summed E-state index contributed by atoms with van der Waals surface area (Å²) in [5.41, 5.74) is 0.629. The van der Waals surface area contributed by atoms with Crippen molar-refractivity contribution in [3.05, 3.63) is 70.4 Å². The molecule has 0 spiro atoms. The lowest BCUT2D eigenvalue weighted by Crippen LogP contribution is -2.34. The summed E-state index contributed by atoms with van der Waals surface area (Å²) in [5.74, 6) is -4.17. The topological polar surface area (TPSA) is 98.7 Å². The molecular formula is C19H14ClF2N3O4. The molecule has 1 aliphatic heterocycles. The highest BCUT2D eigenvalue weighted by molar-refractivity contribution is 6.34. The highest BCUT2D eigenvalue weighted by atomic mass is 35.5. The number of carbonyl (C=O) groups excluding carboxylic acids is 3. The fourth-order valence-electron chi connectivity index (χ4n) is 2.60. The summed E-state index contributed by atoms with van der Waals surface area (Å²) in [5, 5.41) is 13.9. The van der Waals surface area contributed by atoms with Crippen molar-refractivity contribution in [1.29, 1.82) is 0 Å². The third-order valence-electron chi connectivity index (χ3n) is 4.01. The van der Waals surface area contributed by atoms with Crippen LogP contribution in [0.1, 0.15) is 10.4 Å².